The van der Waals surface area contributed by atoms with Crippen molar-refractivity contribution < 1.29 is 19.3 Å². The van der Waals surface area contributed by atoms with E-state index in [0.717, 1.165) is 34.9 Å². The number of hydrogen-bond acceptors (Lipinski definition) is 5. The van der Waals surface area contributed by atoms with Crippen molar-refractivity contribution in [1.82, 2.24) is 4.90 Å². The molecule has 0 spiro atoms. The lowest BCUT2D eigenvalue weighted by atomic mass is 10.1. The molecule has 0 saturated carbocycles. The number of fused-ring (bicyclic) bond motifs is 1. The van der Waals surface area contributed by atoms with E-state index in [1.807, 2.05) is 67.6 Å². The average Bonchev–Trinajstić information content (AvgIpc) is 3.22. The van der Waals surface area contributed by atoms with Crippen LogP contribution in [0, 0.1) is 6.92 Å². The van der Waals surface area contributed by atoms with E-state index in [2.05, 4.69) is 17.0 Å². The van der Waals surface area contributed by atoms with Crippen molar-refractivity contribution in [3.05, 3.63) is 89.5 Å². The van der Waals surface area contributed by atoms with Gasteiger partial charge in [-0.15, -0.1) is 0 Å². The van der Waals surface area contributed by atoms with Crippen LogP contribution in [0.15, 0.2) is 72.8 Å². The van der Waals surface area contributed by atoms with Crippen LogP contribution in [0.5, 0.6) is 17.2 Å². The molecule has 5 nitrogen and oxygen atoms in total. The Balaban J connectivity index is 1.42. The van der Waals surface area contributed by atoms with Crippen LogP contribution < -0.4 is 14.2 Å². The number of aryl methyl sites for hydroxylation is 1. The molecule has 0 bridgehead atoms. The number of aliphatic hydroxyl groups excluding tert-OH is 1. The first-order chi connectivity index (χ1) is 14.7. The first-order valence-electron chi connectivity index (χ1n) is 10.2. The molecule has 0 aliphatic carbocycles. The summed E-state index contributed by atoms with van der Waals surface area (Å²) in [5.74, 6) is 2.36. The van der Waals surface area contributed by atoms with Crippen molar-refractivity contribution in [3.63, 3.8) is 0 Å². The van der Waals surface area contributed by atoms with Gasteiger partial charge in [0.05, 0.1) is 0 Å². The number of hydrogen-bond donors (Lipinski definition) is 1. The van der Waals surface area contributed by atoms with Gasteiger partial charge in [0.2, 0.25) is 6.79 Å². The Bertz CT molecular complexity index is 960. The van der Waals surface area contributed by atoms with Gasteiger partial charge in [0, 0.05) is 19.6 Å². The van der Waals surface area contributed by atoms with Crippen molar-refractivity contribution in [3.8, 4) is 17.2 Å². The predicted molar refractivity (Wildman–Crippen MR) is 116 cm³/mol. The molecule has 1 aliphatic heterocycles. The summed E-state index contributed by atoms with van der Waals surface area (Å²) < 4.78 is 16.8. The number of para-hydroxylation sites is 1. The highest BCUT2D eigenvalue weighted by Gasteiger charge is 2.17. The number of aliphatic hydroxyl groups is 1. The standard InChI is InChI=1S/C25H27NO4/c1-19-7-5-6-10-23(19)28-17-22(27)16-26(14-20-8-3-2-4-9-20)15-21-11-12-24-25(13-21)30-18-29-24/h2-13,22,27H,14-18H2,1H3/t22-/m0/s1. The van der Waals surface area contributed by atoms with E-state index in [1.54, 1.807) is 0 Å². The Hall–Kier alpha value is -3.02. The maximum Gasteiger partial charge on any atom is 0.231 e. The van der Waals surface area contributed by atoms with Gasteiger partial charge in [-0.2, -0.15) is 0 Å². The molecule has 0 saturated heterocycles. The van der Waals surface area contributed by atoms with Gasteiger partial charge >= 0.3 is 0 Å². The Morgan fingerprint density at radius 3 is 2.47 bits per heavy atom. The highest BCUT2D eigenvalue weighted by molar-refractivity contribution is 5.44. The number of nitrogens with zero attached hydrogens (tertiary/aromatic N) is 1. The fourth-order valence-corrected chi connectivity index (χ4v) is 3.58. The molecule has 1 N–H and O–H groups in total. The Labute approximate surface area is 177 Å². The lowest BCUT2D eigenvalue weighted by Crippen LogP contribution is -2.35. The highest BCUT2D eigenvalue weighted by Crippen LogP contribution is 2.33. The molecule has 1 atom stereocenters. The molecule has 0 unspecified atom stereocenters. The van der Waals surface area contributed by atoms with E-state index in [0.29, 0.717) is 13.1 Å². The summed E-state index contributed by atoms with van der Waals surface area (Å²) in [5, 5.41) is 10.7. The zero-order valence-electron chi connectivity index (χ0n) is 17.2. The molecule has 30 heavy (non-hydrogen) atoms. The second-order valence-corrected chi connectivity index (χ2v) is 7.57. The second-order valence-electron chi connectivity index (χ2n) is 7.57. The fourth-order valence-electron chi connectivity index (χ4n) is 3.58. The van der Waals surface area contributed by atoms with E-state index in [1.165, 1.54) is 5.56 Å². The van der Waals surface area contributed by atoms with Gasteiger partial charge in [0.15, 0.2) is 11.5 Å². The lowest BCUT2D eigenvalue weighted by molar-refractivity contribution is 0.0626. The highest BCUT2D eigenvalue weighted by atomic mass is 16.7. The summed E-state index contributed by atoms with van der Waals surface area (Å²) >= 11 is 0. The van der Waals surface area contributed by atoms with E-state index in [9.17, 15) is 5.11 Å². The minimum atomic E-state index is -0.609. The summed E-state index contributed by atoms with van der Waals surface area (Å²) in [5.41, 5.74) is 3.37. The summed E-state index contributed by atoms with van der Waals surface area (Å²) in [4.78, 5) is 2.22. The molecule has 1 heterocycles. The minimum Gasteiger partial charge on any atom is -0.491 e. The first-order valence-corrected chi connectivity index (χ1v) is 10.2. The Kier molecular flexibility index (Phi) is 6.52. The largest absolute Gasteiger partial charge is 0.491 e. The van der Waals surface area contributed by atoms with Crippen molar-refractivity contribution in [2.75, 3.05) is 19.9 Å². The minimum absolute atomic E-state index is 0.247. The lowest BCUT2D eigenvalue weighted by Gasteiger charge is -2.25. The number of rotatable bonds is 9. The molecule has 5 heteroatoms. The monoisotopic (exact) mass is 405 g/mol. The van der Waals surface area contributed by atoms with Crippen LogP contribution in [-0.2, 0) is 13.1 Å². The number of benzene rings is 3. The molecule has 0 radical (unpaired) electrons. The van der Waals surface area contributed by atoms with Gasteiger partial charge in [-0.25, -0.2) is 0 Å². The predicted octanol–water partition coefficient (Wildman–Crippen LogP) is 4.17. The van der Waals surface area contributed by atoms with Crippen LogP contribution in [0.2, 0.25) is 0 Å². The molecular formula is C25H27NO4. The topological polar surface area (TPSA) is 51.2 Å². The Morgan fingerprint density at radius 2 is 1.63 bits per heavy atom. The van der Waals surface area contributed by atoms with Gasteiger partial charge in [-0.05, 0) is 41.8 Å². The van der Waals surface area contributed by atoms with Crippen molar-refractivity contribution in [2.45, 2.75) is 26.1 Å². The maximum atomic E-state index is 10.7. The molecule has 0 fully saturated rings. The van der Waals surface area contributed by atoms with E-state index in [4.69, 9.17) is 14.2 Å². The van der Waals surface area contributed by atoms with Gasteiger partial charge in [0.1, 0.15) is 18.5 Å². The molecule has 4 rings (SSSR count). The average molecular weight is 405 g/mol. The van der Waals surface area contributed by atoms with Crippen LogP contribution in [-0.4, -0.2) is 36.1 Å². The van der Waals surface area contributed by atoms with Gasteiger partial charge in [0.25, 0.3) is 0 Å². The van der Waals surface area contributed by atoms with Crippen LogP contribution in [0.1, 0.15) is 16.7 Å². The smallest absolute Gasteiger partial charge is 0.231 e. The van der Waals surface area contributed by atoms with E-state index >= 15 is 0 Å². The van der Waals surface area contributed by atoms with Crippen molar-refractivity contribution in [2.24, 2.45) is 0 Å². The zero-order chi connectivity index (χ0) is 20.8. The molecular weight excluding hydrogens is 378 g/mol. The van der Waals surface area contributed by atoms with E-state index < -0.39 is 6.10 Å². The third-order valence-corrected chi connectivity index (χ3v) is 5.09. The summed E-state index contributed by atoms with van der Waals surface area (Å²) in [6, 6.07) is 24.1. The molecule has 0 aromatic heterocycles. The normalized spacial score (nSPS) is 13.4. The van der Waals surface area contributed by atoms with Gasteiger partial charge in [-0.3, -0.25) is 4.90 Å². The fraction of sp³-hybridized carbons (Fsp3) is 0.280. The second kappa shape index (κ2) is 9.65. The molecule has 3 aromatic rings. The molecule has 0 amide bonds. The summed E-state index contributed by atoms with van der Waals surface area (Å²) in [7, 11) is 0. The van der Waals surface area contributed by atoms with Crippen LogP contribution >= 0.6 is 0 Å². The van der Waals surface area contributed by atoms with Crippen molar-refractivity contribution in [1.29, 1.82) is 0 Å². The SMILES string of the molecule is Cc1ccccc1OC[C@@H](O)CN(Cc1ccccc1)Cc1ccc2c(c1)OCO2. The zero-order valence-corrected chi connectivity index (χ0v) is 17.2. The third kappa shape index (κ3) is 5.32. The quantitative estimate of drug-likeness (QED) is 0.579. The Morgan fingerprint density at radius 1 is 0.900 bits per heavy atom. The molecule has 156 valence electrons. The first kappa shape index (κ1) is 20.3. The maximum absolute atomic E-state index is 10.7. The molecule has 1 aliphatic rings. The van der Waals surface area contributed by atoms with Crippen LogP contribution in [0.3, 0.4) is 0 Å². The van der Waals surface area contributed by atoms with Gasteiger partial charge in [-0.1, -0.05) is 54.6 Å². The third-order valence-electron chi connectivity index (χ3n) is 5.09. The van der Waals surface area contributed by atoms with Gasteiger partial charge < -0.3 is 19.3 Å². The van der Waals surface area contributed by atoms with Crippen LogP contribution in [0.25, 0.3) is 0 Å². The molecule has 3 aromatic carbocycles. The summed E-state index contributed by atoms with van der Waals surface area (Å²) in [6.45, 7) is 4.43. The summed E-state index contributed by atoms with van der Waals surface area (Å²) in [6.07, 6.45) is -0.609. The number of ether oxygens (including phenoxy) is 3. The van der Waals surface area contributed by atoms with E-state index in [-0.39, 0.29) is 13.4 Å². The van der Waals surface area contributed by atoms with Crippen LogP contribution in [0.4, 0.5) is 0 Å². The van der Waals surface area contributed by atoms with Crippen molar-refractivity contribution >= 4 is 0 Å².